The fourth-order valence-corrected chi connectivity index (χ4v) is 6.84. The van der Waals surface area contributed by atoms with Crippen molar-refractivity contribution in [3.63, 3.8) is 0 Å². The summed E-state index contributed by atoms with van der Waals surface area (Å²) in [6.07, 6.45) is 1.57. The molecule has 1 saturated heterocycles. The second kappa shape index (κ2) is 12.7. The molecule has 1 heterocycles. The van der Waals surface area contributed by atoms with Gasteiger partial charge in [0.1, 0.15) is 23.0 Å². The Hall–Kier alpha value is -3.60. The lowest BCUT2D eigenvalue weighted by Gasteiger charge is -2.33. The molecular weight excluding hydrogens is 556 g/mol. The number of nitrogens with one attached hydrogen (secondary N) is 2. The van der Waals surface area contributed by atoms with Crippen molar-refractivity contribution in [3.05, 3.63) is 59.7 Å². The van der Waals surface area contributed by atoms with Gasteiger partial charge in [0.05, 0.1) is 17.0 Å². The highest BCUT2D eigenvalue weighted by Crippen LogP contribution is 2.27. The van der Waals surface area contributed by atoms with Gasteiger partial charge in [-0.15, -0.1) is 0 Å². The lowest BCUT2D eigenvalue weighted by molar-refractivity contribution is -0.135. The van der Waals surface area contributed by atoms with Gasteiger partial charge in [0.25, 0.3) is 21.8 Å². The second-order valence-electron chi connectivity index (χ2n) is 10.0. The van der Waals surface area contributed by atoms with Gasteiger partial charge in [-0.2, -0.15) is 5.26 Å². The summed E-state index contributed by atoms with van der Waals surface area (Å²) in [6, 6.07) is 9.67. The average molecular weight is 589 g/mol. The quantitative estimate of drug-likeness (QED) is 0.442. The highest BCUT2D eigenvalue weighted by Gasteiger charge is 2.43. The molecule has 2 N–H and O–H groups in total. The number of nitriles is 1. The molecule has 2 aromatic rings. The first-order valence-electron chi connectivity index (χ1n) is 12.7. The van der Waals surface area contributed by atoms with Crippen molar-refractivity contribution in [2.45, 2.75) is 55.0 Å². The van der Waals surface area contributed by atoms with Crippen LogP contribution >= 0.6 is 0 Å². The highest BCUT2D eigenvalue weighted by molar-refractivity contribution is 7.90. The molecule has 2 aromatic carbocycles. The Labute approximate surface area is 234 Å². The van der Waals surface area contributed by atoms with Crippen LogP contribution in [-0.2, 0) is 29.4 Å². The third-order valence-electron chi connectivity index (χ3n) is 6.40. The molecule has 0 radical (unpaired) electrons. The van der Waals surface area contributed by atoms with E-state index in [0.717, 1.165) is 6.26 Å². The summed E-state index contributed by atoms with van der Waals surface area (Å²) >= 11 is 0. The maximum Gasteiger partial charge on any atom is 0.268 e. The van der Waals surface area contributed by atoms with Crippen LogP contribution in [0.3, 0.4) is 0 Å². The van der Waals surface area contributed by atoms with Crippen molar-refractivity contribution in [1.29, 1.82) is 5.26 Å². The zero-order valence-corrected chi connectivity index (χ0v) is 24.1. The molecule has 1 aliphatic heterocycles. The maximum atomic E-state index is 14.1. The van der Waals surface area contributed by atoms with Crippen LogP contribution in [0.4, 0.5) is 0 Å². The summed E-state index contributed by atoms with van der Waals surface area (Å²) in [5.41, 5.74) is -0.122. The number of sulfonamides is 1. The Kier molecular flexibility index (Phi) is 9.83. The Balaban J connectivity index is 2.07. The van der Waals surface area contributed by atoms with E-state index in [1.165, 1.54) is 48.5 Å². The molecule has 1 fully saturated rings. The molecule has 40 heavy (non-hydrogen) atoms. The topological polar surface area (TPSA) is 171 Å². The standard InChI is InChI=1S/C27H32N4O7S2/c1-18(2)15-22(30-26(33)19-10-12-21(13-11-19)39(3,35)36)27(34)31(23-8-6-14-29-17-24(23)32)40(37,38)25-9-5-4-7-20(25)16-28/h4-5,7,9-13,18,22-23,29H,6,8,14-15,17H2,1-3H3,(H,30,33)/t22-,23?/m0/s1. The molecule has 1 unspecified atom stereocenters. The number of sulfone groups is 1. The van der Waals surface area contributed by atoms with E-state index in [4.69, 9.17) is 0 Å². The normalized spacial score (nSPS) is 17.0. The van der Waals surface area contributed by atoms with Crippen molar-refractivity contribution in [2.24, 2.45) is 5.92 Å². The van der Waals surface area contributed by atoms with E-state index in [2.05, 4.69) is 10.6 Å². The Bertz CT molecular complexity index is 1530. The van der Waals surface area contributed by atoms with Gasteiger partial charge in [0.15, 0.2) is 15.6 Å². The number of carbonyl (C=O) groups is 3. The molecule has 2 amide bonds. The number of ketones is 1. The minimum Gasteiger partial charge on any atom is -0.340 e. The summed E-state index contributed by atoms with van der Waals surface area (Å²) in [7, 11) is -8.20. The van der Waals surface area contributed by atoms with E-state index in [1.54, 1.807) is 13.8 Å². The largest absolute Gasteiger partial charge is 0.340 e. The Morgan fingerprint density at radius 1 is 1.10 bits per heavy atom. The summed E-state index contributed by atoms with van der Waals surface area (Å²) in [4.78, 5) is 39.9. The fourth-order valence-electron chi connectivity index (χ4n) is 4.43. The van der Waals surface area contributed by atoms with E-state index < -0.39 is 54.4 Å². The van der Waals surface area contributed by atoms with Gasteiger partial charge < -0.3 is 10.6 Å². The third-order valence-corrected chi connectivity index (χ3v) is 9.39. The smallest absolute Gasteiger partial charge is 0.268 e. The fraction of sp³-hybridized carbons (Fsp3) is 0.407. The molecule has 3 rings (SSSR count). The van der Waals surface area contributed by atoms with Crippen LogP contribution in [0, 0.1) is 17.2 Å². The number of hydrogen-bond acceptors (Lipinski definition) is 9. The number of Topliss-reactive ketones (excluding diaryl/α,β-unsaturated/α-hetero) is 1. The lowest BCUT2D eigenvalue weighted by Crippen LogP contribution is -2.56. The molecule has 214 valence electrons. The van der Waals surface area contributed by atoms with Crippen LogP contribution in [0.5, 0.6) is 0 Å². The molecule has 0 aromatic heterocycles. The highest BCUT2D eigenvalue weighted by atomic mass is 32.2. The van der Waals surface area contributed by atoms with E-state index >= 15 is 0 Å². The summed E-state index contributed by atoms with van der Waals surface area (Å²) in [5.74, 6) is -2.38. The van der Waals surface area contributed by atoms with Gasteiger partial charge >= 0.3 is 0 Å². The van der Waals surface area contributed by atoms with Gasteiger partial charge in [0, 0.05) is 11.8 Å². The van der Waals surface area contributed by atoms with E-state index in [-0.39, 0.29) is 41.3 Å². The van der Waals surface area contributed by atoms with Crippen LogP contribution in [0.1, 0.15) is 49.0 Å². The number of benzene rings is 2. The predicted molar refractivity (Wildman–Crippen MR) is 146 cm³/mol. The maximum absolute atomic E-state index is 14.1. The van der Waals surface area contributed by atoms with Crippen molar-refractivity contribution in [1.82, 2.24) is 14.9 Å². The minimum absolute atomic E-state index is 0.00719. The van der Waals surface area contributed by atoms with Crippen LogP contribution in [-0.4, -0.2) is 70.2 Å². The van der Waals surface area contributed by atoms with E-state index in [0.29, 0.717) is 17.3 Å². The number of hydrogen-bond donors (Lipinski definition) is 2. The van der Waals surface area contributed by atoms with Gasteiger partial charge in [-0.25, -0.2) is 21.1 Å². The number of rotatable bonds is 9. The van der Waals surface area contributed by atoms with Crippen LogP contribution < -0.4 is 10.6 Å². The zero-order valence-electron chi connectivity index (χ0n) is 22.5. The predicted octanol–water partition coefficient (Wildman–Crippen LogP) is 1.64. The van der Waals surface area contributed by atoms with Crippen molar-refractivity contribution in [2.75, 3.05) is 19.3 Å². The zero-order chi connectivity index (χ0) is 29.7. The molecule has 11 nitrogen and oxygen atoms in total. The Morgan fingerprint density at radius 3 is 2.35 bits per heavy atom. The van der Waals surface area contributed by atoms with Crippen molar-refractivity contribution in [3.8, 4) is 6.07 Å². The molecular formula is C27H32N4O7S2. The molecule has 13 heteroatoms. The number of carbonyl (C=O) groups excluding carboxylic acids is 3. The molecule has 1 aliphatic rings. The first-order valence-corrected chi connectivity index (χ1v) is 16.0. The summed E-state index contributed by atoms with van der Waals surface area (Å²) in [5, 5.41) is 15.1. The van der Waals surface area contributed by atoms with Gasteiger partial charge in [-0.3, -0.25) is 14.4 Å². The summed E-state index contributed by atoms with van der Waals surface area (Å²) in [6.45, 7) is 3.89. The van der Waals surface area contributed by atoms with Crippen LogP contribution in [0.15, 0.2) is 58.3 Å². The monoisotopic (exact) mass is 588 g/mol. The molecule has 2 atom stereocenters. The Morgan fingerprint density at radius 2 is 1.75 bits per heavy atom. The third kappa shape index (κ3) is 7.12. The first-order chi connectivity index (χ1) is 18.8. The van der Waals surface area contributed by atoms with Crippen LogP contribution in [0.2, 0.25) is 0 Å². The lowest BCUT2D eigenvalue weighted by atomic mass is 10.0. The molecule has 0 aliphatic carbocycles. The molecule has 0 spiro atoms. The van der Waals surface area contributed by atoms with E-state index in [1.807, 2.05) is 6.07 Å². The second-order valence-corrected chi connectivity index (χ2v) is 13.8. The van der Waals surface area contributed by atoms with E-state index in [9.17, 15) is 36.5 Å². The van der Waals surface area contributed by atoms with Crippen LogP contribution in [0.25, 0.3) is 0 Å². The molecule has 0 bridgehead atoms. The van der Waals surface area contributed by atoms with Gasteiger partial charge in [-0.1, -0.05) is 26.0 Å². The summed E-state index contributed by atoms with van der Waals surface area (Å²) < 4.78 is 52.1. The van der Waals surface area contributed by atoms with Crippen molar-refractivity contribution < 1.29 is 31.2 Å². The number of nitrogens with zero attached hydrogens (tertiary/aromatic N) is 2. The molecule has 0 saturated carbocycles. The first kappa shape index (κ1) is 30.9. The number of amides is 2. The van der Waals surface area contributed by atoms with Gasteiger partial charge in [-0.05, 0) is 68.1 Å². The minimum atomic E-state index is -4.70. The average Bonchev–Trinajstić information content (AvgIpc) is 3.11. The van der Waals surface area contributed by atoms with Gasteiger partial charge in [0.2, 0.25) is 0 Å². The van der Waals surface area contributed by atoms with Crippen molar-refractivity contribution >= 4 is 37.5 Å². The SMILES string of the molecule is CC(C)C[C@H](NC(=O)c1ccc(S(C)(=O)=O)cc1)C(=O)N(C1CCCNCC1=O)S(=O)(=O)c1ccccc1C#N.